The molecule has 6 heteroatoms. The highest BCUT2D eigenvalue weighted by molar-refractivity contribution is 8.01. The summed E-state index contributed by atoms with van der Waals surface area (Å²) in [5.74, 6) is -1.03. The Morgan fingerprint density at radius 3 is 1.77 bits per heavy atom. The van der Waals surface area contributed by atoms with E-state index in [-0.39, 0.29) is 0 Å². The minimum absolute atomic E-state index is 0.486. The van der Waals surface area contributed by atoms with Gasteiger partial charge in [-0.05, 0) is 13.3 Å². The maximum Gasteiger partial charge on any atom is 0.329 e. The van der Waals surface area contributed by atoms with Gasteiger partial charge >= 0.3 is 5.97 Å². The van der Waals surface area contributed by atoms with E-state index < -0.39 is 16.3 Å². The van der Waals surface area contributed by atoms with E-state index in [2.05, 4.69) is 25.3 Å². The van der Waals surface area contributed by atoms with E-state index in [0.29, 0.717) is 6.42 Å². The van der Waals surface area contributed by atoms with Crippen LogP contribution in [0, 0.1) is 0 Å². The molecule has 0 saturated carbocycles. The first-order chi connectivity index (χ1) is 5.71. The van der Waals surface area contributed by atoms with Gasteiger partial charge in [-0.2, -0.15) is 25.3 Å². The Morgan fingerprint density at radius 2 is 1.77 bits per heavy atom. The Balaban J connectivity index is 0. The van der Waals surface area contributed by atoms with Gasteiger partial charge in [-0.15, -0.1) is 0 Å². The Kier molecular flexibility index (Phi) is 8.96. The second-order valence-electron chi connectivity index (χ2n) is 2.60. The van der Waals surface area contributed by atoms with Crippen molar-refractivity contribution in [2.75, 3.05) is 0 Å². The van der Waals surface area contributed by atoms with E-state index in [1.165, 1.54) is 6.92 Å². The lowest BCUT2D eigenvalue weighted by Crippen LogP contribution is -2.20. The van der Waals surface area contributed by atoms with Crippen molar-refractivity contribution in [2.24, 2.45) is 0 Å². The molecule has 0 amide bonds. The molecule has 0 saturated heterocycles. The fourth-order valence-electron chi connectivity index (χ4n) is 0.258. The normalized spacial score (nSPS) is 10.7. The molecule has 0 bridgehead atoms. The molecule has 0 aromatic rings. The maximum absolute atomic E-state index is 9.87. The molecule has 0 aliphatic heterocycles. The minimum atomic E-state index is -1.19. The maximum atomic E-state index is 9.87. The van der Waals surface area contributed by atoms with Gasteiger partial charge in [0.15, 0.2) is 6.29 Å². The first-order valence-corrected chi connectivity index (χ1v) is 4.65. The number of thiol groups is 2. The van der Waals surface area contributed by atoms with E-state index >= 15 is 0 Å². The standard InChI is InChI=1S/C4H10O2.C3H6O2S2/c1-2-3-4(5)6;1-3(6,7)2(4)5/h4-6H,2-3H2,1H3;6-7H,1H3,(H,4,5). The zero-order chi connectivity index (χ0) is 11.1. The Hall–Kier alpha value is 0.0900. The lowest BCUT2D eigenvalue weighted by molar-refractivity contribution is -0.136. The van der Waals surface area contributed by atoms with Crippen LogP contribution >= 0.6 is 25.3 Å². The summed E-state index contributed by atoms with van der Waals surface area (Å²) in [6, 6.07) is 0. The van der Waals surface area contributed by atoms with E-state index in [9.17, 15) is 4.79 Å². The molecule has 0 heterocycles. The summed E-state index contributed by atoms with van der Waals surface area (Å²) >= 11 is 7.23. The van der Waals surface area contributed by atoms with Crippen molar-refractivity contribution in [3.05, 3.63) is 0 Å². The van der Waals surface area contributed by atoms with Crippen molar-refractivity contribution in [1.82, 2.24) is 0 Å². The van der Waals surface area contributed by atoms with Gasteiger partial charge in [0.25, 0.3) is 0 Å². The van der Waals surface area contributed by atoms with Crippen molar-refractivity contribution >= 4 is 31.2 Å². The fraction of sp³-hybridized carbons (Fsp3) is 0.857. The summed E-state index contributed by atoms with van der Waals surface area (Å²) < 4.78 is -1.19. The highest BCUT2D eigenvalue weighted by atomic mass is 32.2. The predicted molar refractivity (Wildman–Crippen MR) is 57.1 cm³/mol. The third-order valence-electron chi connectivity index (χ3n) is 0.952. The highest BCUT2D eigenvalue weighted by Crippen LogP contribution is 2.16. The van der Waals surface area contributed by atoms with Crippen LogP contribution in [0.1, 0.15) is 26.7 Å². The van der Waals surface area contributed by atoms with E-state index in [4.69, 9.17) is 15.3 Å². The number of aliphatic hydroxyl groups excluding tert-OH is 1. The third kappa shape index (κ3) is 14.9. The van der Waals surface area contributed by atoms with Gasteiger partial charge in [-0.3, -0.25) is 0 Å². The van der Waals surface area contributed by atoms with Gasteiger partial charge < -0.3 is 15.3 Å². The minimum Gasteiger partial charge on any atom is -0.480 e. The lowest BCUT2D eigenvalue weighted by atomic mass is 10.3. The molecule has 0 radical (unpaired) electrons. The topological polar surface area (TPSA) is 77.8 Å². The summed E-state index contributed by atoms with van der Waals surface area (Å²) in [6.07, 6.45) is 0.215. The van der Waals surface area contributed by atoms with Gasteiger partial charge in [-0.25, -0.2) is 4.79 Å². The number of hydrogen-bond donors (Lipinski definition) is 5. The summed E-state index contributed by atoms with van der Waals surface area (Å²) in [5.41, 5.74) is 0. The summed E-state index contributed by atoms with van der Waals surface area (Å²) in [5, 5.41) is 24.3. The van der Waals surface area contributed by atoms with E-state index in [1.54, 1.807) is 0 Å². The molecule has 80 valence electrons. The number of carboxylic acids is 1. The van der Waals surface area contributed by atoms with Gasteiger partial charge in [0.2, 0.25) is 0 Å². The van der Waals surface area contributed by atoms with Crippen LogP contribution < -0.4 is 0 Å². The second kappa shape index (κ2) is 7.49. The van der Waals surface area contributed by atoms with Crippen LogP contribution in [-0.4, -0.2) is 31.7 Å². The largest absolute Gasteiger partial charge is 0.480 e. The van der Waals surface area contributed by atoms with Crippen molar-refractivity contribution in [1.29, 1.82) is 0 Å². The average molecular weight is 228 g/mol. The van der Waals surface area contributed by atoms with Gasteiger partial charge in [0.1, 0.15) is 4.08 Å². The van der Waals surface area contributed by atoms with Crippen LogP contribution in [-0.2, 0) is 4.79 Å². The molecule has 13 heavy (non-hydrogen) atoms. The predicted octanol–water partition coefficient (Wildman–Crippen LogP) is 0.744. The molecule has 0 aliphatic carbocycles. The van der Waals surface area contributed by atoms with Crippen molar-refractivity contribution in [2.45, 2.75) is 37.1 Å². The second-order valence-corrected chi connectivity index (χ2v) is 4.74. The van der Waals surface area contributed by atoms with Gasteiger partial charge in [0.05, 0.1) is 0 Å². The number of hydrogen-bond acceptors (Lipinski definition) is 5. The molecule has 4 nitrogen and oxygen atoms in total. The molecular formula is C7H16O4S2. The average Bonchev–Trinajstić information content (AvgIpc) is 1.85. The fourth-order valence-corrected chi connectivity index (χ4v) is 0.258. The third-order valence-corrected chi connectivity index (χ3v) is 1.33. The molecule has 0 aromatic heterocycles. The zero-order valence-electron chi connectivity index (χ0n) is 7.64. The molecule has 0 fully saturated rings. The number of aliphatic carboxylic acids is 1. The van der Waals surface area contributed by atoms with Gasteiger partial charge in [0, 0.05) is 0 Å². The Bertz CT molecular complexity index is 142. The van der Waals surface area contributed by atoms with Gasteiger partial charge in [-0.1, -0.05) is 13.3 Å². The summed E-state index contributed by atoms with van der Waals surface area (Å²) in [4.78, 5) is 9.87. The first-order valence-electron chi connectivity index (χ1n) is 3.76. The molecule has 0 aliphatic rings. The summed E-state index contributed by atoms with van der Waals surface area (Å²) in [7, 11) is 0. The monoisotopic (exact) mass is 228 g/mol. The molecule has 0 atom stereocenters. The highest BCUT2D eigenvalue weighted by Gasteiger charge is 2.21. The molecule has 0 unspecified atom stereocenters. The molecule has 3 N–H and O–H groups in total. The molecule has 0 spiro atoms. The zero-order valence-corrected chi connectivity index (χ0v) is 9.42. The molecule has 0 rings (SSSR count). The van der Waals surface area contributed by atoms with Crippen LogP contribution in [0.15, 0.2) is 0 Å². The van der Waals surface area contributed by atoms with Crippen LogP contribution in [0.4, 0.5) is 0 Å². The van der Waals surface area contributed by atoms with Crippen molar-refractivity contribution < 1.29 is 20.1 Å². The van der Waals surface area contributed by atoms with Crippen molar-refractivity contribution in [3.63, 3.8) is 0 Å². The SMILES string of the molecule is CC(S)(S)C(=O)O.CCCC(O)O. The number of carboxylic acid groups (broad SMARTS) is 1. The Morgan fingerprint density at radius 1 is 1.46 bits per heavy atom. The van der Waals surface area contributed by atoms with Crippen LogP contribution in [0.25, 0.3) is 0 Å². The molecule has 0 aromatic carbocycles. The van der Waals surface area contributed by atoms with Crippen molar-refractivity contribution in [3.8, 4) is 0 Å². The number of rotatable bonds is 3. The molecular weight excluding hydrogens is 212 g/mol. The smallest absolute Gasteiger partial charge is 0.329 e. The summed E-state index contributed by atoms with van der Waals surface area (Å²) in [6.45, 7) is 3.29. The van der Waals surface area contributed by atoms with E-state index in [0.717, 1.165) is 6.42 Å². The lowest BCUT2D eigenvalue weighted by Gasteiger charge is -2.06. The quantitative estimate of drug-likeness (QED) is 0.365. The van der Waals surface area contributed by atoms with Crippen LogP contribution in [0.2, 0.25) is 0 Å². The van der Waals surface area contributed by atoms with E-state index in [1.807, 2.05) is 6.92 Å². The number of aliphatic hydroxyl groups is 2. The Labute approximate surface area is 88.8 Å². The number of carbonyl (C=O) groups is 1. The van der Waals surface area contributed by atoms with Crippen LogP contribution in [0.3, 0.4) is 0 Å². The van der Waals surface area contributed by atoms with Crippen LogP contribution in [0.5, 0.6) is 0 Å². The first kappa shape index (κ1) is 15.6.